The molecular formula is C33H27N4OPS2. The minimum atomic E-state index is -2.63. The molecule has 2 aliphatic rings. The van der Waals surface area contributed by atoms with Crippen LogP contribution in [0.5, 0.6) is 5.75 Å². The summed E-state index contributed by atoms with van der Waals surface area (Å²) in [6, 6.07) is 49.8. The van der Waals surface area contributed by atoms with Gasteiger partial charge < -0.3 is 9.41 Å². The molecule has 202 valence electrons. The lowest BCUT2D eigenvalue weighted by atomic mass is 9.86. The minimum absolute atomic E-state index is 0.797. The van der Waals surface area contributed by atoms with Gasteiger partial charge in [-0.2, -0.15) is 10.5 Å². The van der Waals surface area contributed by atoms with Gasteiger partial charge in [0.25, 0.3) is 0 Å². The van der Waals surface area contributed by atoms with Crippen molar-refractivity contribution in [2.75, 3.05) is 11.8 Å². The molecule has 0 saturated carbocycles. The first-order chi connectivity index (χ1) is 20.1. The average molecular weight is 591 g/mol. The molecule has 2 aliphatic heterocycles. The first-order valence-corrected chi connectivity index (χ1v) is 17.5. The number of hydrogen-bond donors (Lipinski definition) is 0. The van der Waals surface area contributed by atoms with E-state index in [1.165, 1.54) is 0 Å². The Morgan fingerprint density at radius 1 is 0.732 bits per heavy atom. The van der Waals surface area contributed by atoms with Crippen molar-refractivity contribution in [2.24, 2.45) is 5.11 Å². The van der Waals surface area contributed by atoms with Crippen LogP contribution >= 0.6 is 16.8 Å². The van der Waals surface area contributed by atoms with Crippen molar-refractivity contribution < 1.29 is 9.54 Å². The maximum Gasteiger partial charge on any atom is 0.225 e. The van der Waals surface area contributed by atoms with Crippen LogP contribution in [0, 0.1) is 0 Å². The SMILES string of the molecule is COc1ccc(P2(=S)S[C@]3(c4ccccc4)N=[N+](c4ccccc4)[N-][C@]3(c3ccccc3)N2c2ccccc2)cc1. The van der Waals surface area contributed by atoms with E-state index in [-0.39, 0.29) is 0 Å². The first-order valence-electron chi connectivity index (χ1n) is 13.3. The maximum absolute atomic E-state index is 6.89. The fourth-order valence-corrected chi connectivity index (χ4v) is 14.3. The maximum atomic E-state index is 6.89. The topological polar surface area (TPSA) is 41.9 Å². The fourth-order valence-electron chi connectivity index (χ4n) is 5.65. The average Bonchev–Trinajstić information content (AvgIpc) is 3.50. The predicted molar refractivity (Wildman–Crippen MR) is 172 cm³/mol. The smallest absolute Gasteiger partial charge is 0.225 e. The summed E-state index contributed by atoms with van der Waals surface area (Å²) in [5, 5.41) is 3.97. The largest absolute Gasteiger partial charge is 0.497 e. The molecule has 1 fully saturated rings. The van der Waals surface area contributed by atoms with E-state index >= 15 is 0 Å². The van der Waals surface area contributed by atoms with Crippen molar-refractivity contribution in [1.82, 2.24) is 0 Å². The number of anilines is 1. The third-order valence-corrected chi connectivity index (χ3v) is 15.1. The van der Waals surface area contributed by atoms with Crippen LogP contribution in [0.4, 0.5) is 11.4 Å². The van der Waals surface area contributed by atoms with Gasteiger partial charge in [-0.1, -0.05) is 120 Å². The van der Waals surface area contributed by atoms with Crippen molar-refractivity contribution in [2.45, 2.75) is 10.5 Å². The number of para-hydroxylation sites is 2. The van der Waals surface area contributed by atoms with Crippen molar-refractivity contribution >= 4 is 45.3 Å². The molecule has 5 aromatic rings. The molecule has 7 rings (SSSR count). The van der Waals surface area contributed by atoms with Gasteiger partial charge in [0.15, 0.2) is 5.66 Å². The monoisotopic (exact) mass is 590 g/mol. The Bertz CT molecular complexity index is 1760. The van der Waals surface area contributed by atoms with Crippen LogP contribution in [0.3, 0.4) is 0 Å². The highest BCUT2D eigenvalue weighted by atomic mass is 32.9. The van der Waals surface area contributed by atoms with Crippen LogP contribution in [-0.4, -0.2) is 11.9 Å². The van der Waals surface area contributed by atoms with E-state index in [0.717, 1.165) is 33.6 Å². The zero-order valence-corrected chi connectivity index (χ0v) is 24.8. The van der Waals surface area contributed by atoms with Crippen molar-refractivity contribution in [3.05, 3.63) is 162 Å². The highest BCUT2D eigenvalue weighted by molar-refractivity contribution is 8.74. The molecule has 1 saturated heterocycles. The van der Waals surface area contributed by atoms with Crippen LogP contribution in [0.2, 0.25) is 0 Å². The lowest BCUT2D eigenvalue weighted by Gasteiger charge is -2.46. The molecule has 1 unspecified atom stereocenters. The van der Waals surface area contributed by atoms with Gasteiger partial charge in [-0.25, -0.2) is 0 Å². The molecule has 41 heavy (non-hydrogen) atoms. The van der Waals surface area contributed by atoms with Crippen molar-refractivity contribution in [3.8, 4) is 5.75 Å². The Morgan fingerprint density at radius 2 is 1.27 bits per heavy atom. The van der Waals surface area contributed by atoms with Gasteiger partial charge in [0.2, 0.25) is 5.69 Å². The Hall–Kier alpha value is -3.90. The van der Waals surface area contributed by atoms with Gasteiger partial charge in [0.1, 0.15) is 16.0 Å². The lowest BCUT2D eigenvalue weighted by Crippen LogP contribution is -2.49. The summed E-state index contributed by atoms with van der Waals surface area (Å²) in [5.41, 5.74) is 8.61. The van der Waals surface area contributed by atoms with E-state index in [4.69, 9.17) is 27.1 Å². The molecule has 0 aliphatic carbocycles. The number of ether oxygens (including phenoxy) is 1. The standard InChI is InChI=1S/C33H27N4OPS2/c1-38-30-22-24-31(25-23-30)39(40)36(28-18-10-4-11-19-28)32(26-14-6-2-7-15-26)33(41-39,27-16-8-3-9-17-27)35-37(34-32)29-20-12-5-13-21-29/h2-25H,1H3/t32-,33+,39?/m1/s1. The molecule has 0 aromatic heterocycles. The van der Waals surface area contributed by atoms with Crippen LogP contribution in [0.1, 0.15) is 11.1 Å². The number of methoxy groups -OCH3 is 1. The number of benzene rings is 5. The first kappa shape index (κ1) is 26.0. The number of azo groups is 1. The summed E-state index contributed by atoms with van der Waals surface area (Å²) >= 11 is 8.65. The third kappa shape index (κ3) is 3.95. The number of fused-ring (bicyclic) bond motifs is 1. The Balaban J connectivity index is 1.59. The number of rotatable bonds is 6. The van der Waals surface area contributed by atoms with E-state index < -0.39 is 15.9 Å². The molecule has 8 heteroatoms. The van der Waals surface area contributed by atoms with Gasteiger partial charge in [-0.05, 0) is 47.5 Å². The second kappa shape index (κ2) is 10.2. The summed E-state index contributed by atoms with van der Waals surface area (Å²) in [6.07, 6.45) is 0. The summed E-state index contributed by atoms with van der Waals surface area (Å²) in [5.74, 6) is 0.797. The van der Waals surface area contributed by atoms with Crippen LogP contribution < -0.4 is 14.7 Å². The van der Waals surface area contributed by atoms with Crippen LogP contribution in [0.25, 0.3) is 5.43 Å². The van der Waals surface area contributed by atoms with Crippen molar-refractivity contribution in [1.29, 1.82) is 0 Å². The highest BCUT2D eigenvalue weighted by Crippen LogP contribution is 2.85. The lowest BCUT2D eigenvalue weighted by molar-refractivity contribution is -0.456. The molecule has 2 heterocycles. The summed E-state index contributed by atoms with van der Waals surface area (Å²) in [4.78, 5) is 0.937. The molecule has 0 radical (unpaired) electrons. The van der Waals surface area contributed by atoms with Crippen molar-refractivity contribution in [3.63, 3.8) is 0 Å². The molecule has 0 amide bonds. The molecule has 0 bridgehead atoms. The molecule has 3 atom stereocenters. The second-order valence-corrected chi connectivity index (χ2v) is 17.0. The van der Waals surface area contributed by atoms with E-state index in [0.29, 0.717) is 0 Å². The molecular weight excluding hydrogens is 563 g/mol. The third-order valence-electron chi connectivity index (χ3n) is 7.50. The zero-order valence-electron chi connectivity index (χ0n) is 22.3. The number of nitrogens with zero attached hydrogens (tertiary/aromatic N) is 4. The summed E-state index contributed by atoms with van der Waals surface area (Å²) in [7, 11) is 1.68. The predicted octanol–water partition coefficient (Wildman–Crippen LogP) is 8.69. The summed E-state index contributed by atoms with van der Waals surface area (Å²) in [6.45, 7) is 0. The Labute approximate surface area is 249 Å². The van der Waals surface area contributed by atoms with Crippen LogP contribution in [-0.2, 0) is 22.3 Å². The van der Waals surface area contributed by atoms with E-state index in [9.17, 15) is 0 Å². The second-order valence-electron chi connectivity index (χ2n) is 9.83. The fraction of sp³-hybridized carbons (Fsp3) is 0.0909. The zero-order chi connectivity index (χ0) is 27.9. The quantitative estimate of drug-likeness (QED) is 0.147. The van der Waals surface area contributed by atoms with E-state index in [2.05, 4.69) is 89.6 Å². The Morgan fingerprint density at radius 3 is 1.85 bits per heavy atom. The molecule has 0 spiro atoms. The highest BCUT2D eigenvalue weighted by Gasteiger charge is 2.70. The van der Waals surface area contributed by atoms with E-state index in [1.807, 2.05) is 65.5 Å². The van der Waals surface area contributed by atoms with Gasteiger partial charge in [0, 0.05) is 23.1 Å². The molecule has 5 nitrogen and oxygen atoms in total. The normalized spacial score (nSPS) is 24.8. The number of hydrogen-bond acceptors (Lipinski definition) is 4. The van der Waals surface area contributed by atoms with Gasteiger partial charge in [0.05, 0.1) is 7.11 Å². The molecule has 5 aromatic carbocycles. The van der Waals surface area contributed by atoms with Crippen LogP contribution in [0.15, 0.2) is 151 Å². The molecule has 0 N–H and O–H groups in total. The minimum Gasteiger partial charge on any atom is -0.497 e. The van der Waals surface area contributed by atoms with Gasteiger partial charge >= 0.3 is 0 Å². The van der Waals surface area contributed by atoms with E-state index in [1.54, 1.807) is 18.5 Å². The Kier molecular flexibility index (Phi) is 6.46. The van der Waals surface area contributed by atoms with Gasteiger partial charge in [-0.3, -0.25) is 0 Å². The van der Waals surface area contributed by atoms with Gasteiger partial charge in [-0.15, -0.1) is 4.81 Å². The summed E-state index contributed by atoms with van der Waals surface area (Å²) < 4.78 is 7.91.